The summed E-state index contributed by atoms with van der Waals surface area (Å²) >= 11 is 12.6. The normalized spacial score (nSPS) is 10.4. The van der Waals surface area contributed by atoms with Gasteiger partial charge in [-0.15, -0.1) is 0 Å². The highest BCUT2D eigenvalue weighted by molar-refractivity contribution is 9.11. The van der Waals surface area contributed by atoms with Crippen LogP contribution < -0.4 is 4.74 Å². The third-order valence-corrected chi connectivity index (χ3v) is 3.20. The lowest BCUT2D eigenvalue weighted by Gasteiger charge is -2.07. The lowest BCUT2D eigenvalue weighted by molar-refractivity contribution is 0.457. The number of nitrogens with zero attached hydrogens (tertiary/aromatic N) is 2. The fourth-order valence-electron chi connectivity index (χ4n) is 1.23. The van der Waals surface area contributed by atoms with Gasteiger partial charge in [0.2, 0.25) is 5.88 Å². The van der Waals surface area contributed by atoms with E-state index in [0.29, 0.717) is 22.6 Å². The van der Waals surface area contributed by atoms with Gasteiger partial charge in [-0.1, -0.05) is 27.5 Å². The van der Waals surface area contributed by atoms with E-state index in [0.717, 1.165) is 8.95 Å². The van der Waals surface area contributed by atoms with E-state index < -0.39 is 0 Å². The van der Waals surface area contributed by atoms with E-state index in [-0.39, 0.29) is 0 Å². The summed E-state index contributed by atoms with van der Waals surface area (Å²) in [6.45, 7) is 1.76. The molecule has 0 saturated carbocycles. The van der Waals surface area contributed by atoms with Crippen LogP contribution in [0.4, 0.5) is 0 Å². The summed E-state index contributed by atoms with van der Waals surface area (Å²) in [7, 11) is 0. The van der Waals surface area contributed by atoms with E-state index in [2.05, 4.69) is 41.8 Å². The highest BCUT2D eigenvalue weighted by Gasteiger charge is 2.06. The molecule has 2 aromatic rings. The third kappa shape index (κ3) is 3.40. The Morgan fingerprint density at radius 1 is 1.18 bits per heavy atom. The Bertz CT molecular complexity index is 543. The van der Waals surface area contributed by atoms with Crippen molar-refractivity contribution < 1.29 is 4.74 Å². The number of halogens is 3. The smallest absolute Gasteiger partial charge is 0.224 e. The molecule has 0 amide bonds. The zero-order chi connectivity index (χ0) is 12.4. The van der Waals surface area contributed by atoms with Gasteiger partial charge < -0.3 is 4.74 Å². The minimum absolute atomic E-state index is 0.362. The minimum atomic E-state index is 0.362. The molecule has 0 bridgehead atoms. The van der Waals surface area contributed by atoms with Crippen LogP contribution in [-0.2, 0) is 0 Å². The van der Waals surface area contributed by atoms with E-state index in [1.807, 2.05) is 18.2 Å². The number of ether oxygens (including phenoxy) is 1. The van der Waals surface area contributed by atoms with Gasteiger partial charge in [0.25, 0.3) is 0 Å². The van der Waals surface area contributed by atoms with Crippen LogP contribution in [0, 0.1) is 6.92 Å². The van der Waals surface area contributed by atoms with Gasteiger partial charge in [-0.3, -0.25) is 0 Å². The Morgan fingerprint density at radius 2 is 1.94 bits per heavy atom. The first-order chi connectivity index (χ1) is 8.04. The quantitative estimate of drug-likeness (QED) is 0.707. The van der Waals surface area contributed by atoms with Crippen LogP contribution in [0.1, 0.15) is 5.82 Å². The van der Waals surface area contributed by atoms with Crippen LogP contribution in [0.3, 0.4) is 0 Å². The highest BCUT2D eigenvalue weighted by atomic mass is 79.9. The van der Waals surface area contributed by atoms with Gasteiger partial charge in [0.1, 0.15) is 16.7 Å². The fourth-order valence-corrected chi connectivity index (χ4v) is 2.57. The molecule has 1 aromatic carbocycles. The first-order valence-corrected chi connectivity index (χ1v) is 6.65. The maximum Gasteiger partial charge on any atom is 0.224 e. The van der Waals surface area contributed by atoms with Crippen LogP contribution in [0.5, 0.6) is 11.6 Å². The fraction of sp³-hybridized carbons (Fsp3) is 0.0909. The van der Waals surface area contributed by atoms with Crippen LogP contribution in [0.25, 0.3) is 0 Å². The summed E-state index contributed by atoms with van der Waals surface area (Å²) < 4.78 is 7.42. The van der Waals surface area contributed by atoms with Gasteiger partial charge in [0.15, 0.2) is 0 Å². The maximum atomic E-state index is 5.83. The zero-order valence-electron chi connectivity index (χ0n) is 8.75. The van der Waals surface area contributed by atoms with Crippen LogP contribution in [0.2, 0.25) is 5.15 Å². The molecular formula is C11H7Br2ClN2O. The van der Waals surface area contributed by atoms with Crippen molar-refractivity contribution in [3.63, 3.8) is 0 Å². The Kier molecular flexibility index (Phi) is 4.01. The van der Waals surface area contributed by atoms with E-state index in [1.165, 1.54) is 0 Å². The topological polar surface area (TPSA) is 35.0 Å². The highest BCUT2D eigenvalue weighted by Crippen LogP contribution is 2.31. The van der Waals surface area contributed by atoms with Crippen molar-refractivity contribution in [1.82, 2.24) is 9.97 Å². The van der Waals surface area contributed by atoms with Crippen molar-refractivity contribution in [2.45, 2.75) is 6.92 Å². The second-order valence-electron chi connectivity index (χ2n) is 3.25. The summed E-state index contributed by atoms with van der Waals surface area (Å²) in [6.07, 6.45) is 0. The molecule has 6 heteroatoms. The number of aryl methyl sites for hydroxylation is 1. The van der Waals surface area contributed by atoms with E-state index in [9.17, 15) is 0 Å². The zero-order valence-corrected chi connectivity index (χ0v) is 12.7. The molecule has 88 valence electrons. The summed E-state index contributed by atoms with van der Waals surface area (Å²) in [5.74, 6) is 1.66. The largest absolute Gasteiger partial charge is 0.438 e. The standard InChI is InChI=1S/C11H7Br2ClN2O/c1-6-15-10(14)5-11(16-6)17-9-3-2-7(12)4-8(9)13/h2-5H,1H3. The van der Waals surface area contributed by atoms with Gasteiger partial charge in [-0.2, -0.15) is 4.98 Å². The lowest BCUT2D eigenvalue weighted by Crippen LogP contribution is -1.93. The average Bonchev–Trinajstić information content (AvgIpc) is 2.21. The first kappa shape index (κ1) is 12.8. The second-order valence-corrected chi connectivity index (χ2v) is 5.41. The van der Waals surface area contributed by atoms with Gasteiger partial charge in [0.05, 0.1) is 4.47 Å². The molecule has 0 radical (unpaired) electrons. The first-order valence-electron chi connectivity index (χ1n) is 4.69. The van der Waals surface area contributed by atoms with Gasteiger partial charge >= 0.3 is 0 Å². The lowest BCUT2D eigenvalue weighted by atomic mass is 10.3. The summed E-state index contributed by atoms with van der Waals surface area (Å²) in [5, 5.41) is 0.362. The van der Waals surface area contributed by atoms with E-state index in [1.54, 1.807) is 13.0 Å². The van der Waals surface area contributed by atoms with Crippen molar-refractivity contribution in [2.75, 3.05) is 0 Å². The summed E-state index contributed by atoms with van der Waals surface area (Å²) in [4.78, 5) is 8.11. The SMILES string of the molecule is Cc1nc(Cl)cc(Oc2ccc(Br)cc2Br)n1. The molecule has 0 saturated heterocycles. The predicted molar refractivity (Wildman–Crippen MR) is 73.7 cm³/mol. The van der Waals surface area contributed by atoms with Crippen molar-refractivity contribution >= 4 is 43.5 Å². The Balaban J connectivity index is 2.31. The molecule has 3 nitrogen and oxygen atoms in total. The summed E-state index contributed by atoms with van der Waals surface area (Å²) in [6, 6.07) is 7.18. The summed E-state index contributed by atoms with van der Waals surface area (Å²) in [5.41, 5.74) is 0. The van der Waals surface area contributed by atoms with Gasteiger partial charge in [0, 0.05) is 10.5 Å². The number of hydrogen-bond acceptors (Lipinski definition) is 3. The molecule has 1 aromatic heterocycles. The van der Waals surface area contributed by atoms with Crippen LogP contribution in [0.15, 0.2) is 33.2 Å². The van der Waals surface area contributed by atoms with Crippen LogP contribution in [-0.4, -0.2) is 9.97 Å². The molecule has 0 aliphatic rings. The molecular weight excluding hydrogens is 371 g/mol. The van der Waals surface area contributed by atoms with Crippen molar-refractivity contribution in [3.05, 3.63) is 44.2 Å². The molecule has 0 unspecified atom stereocenters. The molecule has 0 aliphatic carbocycles. The molecule has 0 N–H and O–H groups in total. The number of hydrogen-bond donors (Lipinski definition) is 0. The van der Waals surface area contributed by atoms with E-state index in [4.69, 9.17) is 16.3 Å². The molecule has 1 heterocycles. The molecule has 0 atom stereocenters. The average molecular weight is 378 g/mol. The molecule has 17 heavy (non-hydrogen) atoms. The Morgan fingerprint density at radius 3 is 2.59 bits per heavy atom. The maximum absolute atomic E-state index is 5.83. The molecule has 0 aliphatic heterocycles. The third-order valence-electron chi connectivity index (χ3n) is 1.89. The van der Waals surface area contributed by atoms with Crippen molar-refractivity contribution in [2.24, 2.45) is 0 Å². The monoisotopic (exact) mass is 376 g/mol. The number of aromatic nitrogens is 2. The molecule has 2 rings (SSSR count). The van der Waals surface area contributed by atoms with Crippen molar-refractivity contribution in [1.29, 1.82) is 0 Å². The second kappa shape index (κ2) is 5.33. The van der Waals surface area contributed by atoms with Gasteiger partial charge in [-0.05, 0) is 41.1 Å². The Hall–Kier alpha value is -0.650. The number of rotatable bonds is 2. The molecule has 0 fully saturated rings. The van der Waals surface area contributed by atoms with Crippen molar-refractivity contribution in [3.8, 4) is 11.6 Å². The number of benzene rings is 1. The van der Waals surface area contributed by atoms with E-state index >= 15 is 0 Å². The van der Waals surface area contributed by atoms with Gasteiger partial charge in [-0.25, -0.2) is 4.98 Å². The molecule has 0 spiro atoms. The van der Waals surface area contributed by atoms with Crippen LogP contribution >= 0.6 is 43.5 Å². The Labute approximate surface area is 120 Å². The minimum Gasteiger partial charge on any atom is -0.438 e. The predicted octanol–water partition coefficient (Wildman–Crippen LogP) is 4.76.